The standard InChI is InChI=1S/C19H28ClN3O2.ClH/c20-17-14-15(22-18(24)8-4-1-2-5-11-21)9-10-16(17)19(25)23-12-6-3-7-13-23;/h9-10,14H,1-8,11-13,21H2,(H,22,24);1H. The molecular formula is C19H29Cl2N3O2. The number of benzene rings is 1. The lowest BCUT2D eigenvalue weighted by Crippen LogP contribution is -2.35. The van der Waals surface area contributed by atoms with Gasteiger partial charge in [-0.3, -0.25) is 9.59 Å². The minimum Gasteiger partial charge on any atom is -0.339 e. The highest BCUT2D eigenvalue weighted by molar-refractivity contribution is 6.34. The second kappa shape index (κ2) is 12.2. The Morgan fingerprint density at radius 1 is 1.08 bits per heavy atom. The number of hydrogen-bond donors (Lipinski definition) is 2. The largest absolute Gasteiger partial charge is 0.339 e. The average Bonchev–Trinajstić information content (AvgIpc) is 2.62. The zero-order chi connectivity index (χ0) is 18.1. The number of carbonyl (C=O) groups excluding carboxylic acids is 2. The van der Waals surface area contributed by atoms with Gasteiger partial charge >= 0.3 is 0 Å². The Morgan fingerprint density at radius 3 is 2.42 bits per heavy atom. The second-order valence-corrected chi connectivity index (χ2v) is 6.96. The first kappa shape index (κ1) is 22.7. The molecule has 0 saturated carbocycles. The second-order valence-electron chi connectivity index (χ2n) is 6.55. The number of rotatable bonds is 8. The minimum atomic E-state index is -0.0288. The molecule has 0 spiro atoms. The first-order valence-corrected chi connectivity index (χ1v) is 9.58. The maximum Gasteiger partial charge on any atom is 0.255 e. The third kappa shape index (κ3) is 7.14. The molecular weight excluding hydrogens is 373 g/mol. The van der Waals surface area contributed by atoms with Crippen molar-refractivity contribution in [1.82, 2.24) is 4.90 Å². The van der Waals surface area contributed by atoms with Crippen molar-refractivity contribution in [1.29, 1.82) is 0 Å². The summed E-state index contributed by atoms with van der Waals surface area (Å²) in [7, 11) is 0. The molecule has 26 heavy (non-hydrogen) atoms. The summed E-state index contributed by atoms with van der Waals surface area (Å²) >= 11 is 6.28. The van der Waals surface area contributed by atoms with Gasteiger partial charge in [0.05, 0.1) is 10.6 Å². The lowest BCUT2D eigenvalue weighted by molar-refractivity contribution is -0.116. The van der Waals surface area contributed by atoms with Crippen molar-refractivity contribution in [2.24, 2.45) is 5.73 Å². The Bertz CT molecular complexity index is 590. The van der Waals surface area contributed by atoms with Gasteiger partial charge in [0, 0.05) is 25.2 Å². The molecule has 0 atom stereocenters. The van der Waals surface area contributed by atoms with Crippen LogP contribution >= 0.6 is 24.0 Å². The van der Waals surface area contributed by atoms with Crippen molar-refractivity contribution in [3.8, 4) is 0 Å². The van der Waals surface area contributed by atoms with Gasteiger partial charge < -0.3 is 16.0 Å². The first-order valence-electron chi connectivity index (χ1n) is 9.20. The molecule has 0 aromatic heterocycles. The summed E-state index contributed by atoms with van der Waals surface area (Å²) in [6.07, 6.45) is 7.67. The van der Waals surface area contributed by atoms with Gasteiger partial charge in [0.25, 0.3) is 5.91 Å². The Balaban J connectivity index is 0.00000338. The zero-order valence-electron chi connectivity index (χ0n) is 15.1. The van der Waals surface area contributed by atoms with Crippen LogP contribution in [0.1, 0.15) is 61.7 Å². The monoisotopic (exact) mass is 401 g/mol. The number of nitrogens with zero attached hydrogens (tertiary/aromatic N) is 1. The maximum absolute atomic E-state index is 12.5. The summed E-state index contributed by atoms with van der Waals surface area (Å²) in [5.41, 5.74) is 6.58. The fraction of sp³-hybridized carbons (Fsp3) is 0.579. The van der Waals surface area contributed by atoms with Gasteiger partial charge in [-0.05, 0) is 56.8 Å². The quantitative estimate of drug-likeness (QED) is 0.639. The molecule has 1 aliphatic heterocycles. The molecule has 0 radical (unpaired) electrons. The highest BCUT2D eigenvalue weighted by Crippen LogP contribution is 2.24. The Morgan fingerprint density at radius 2 is 1.77 bits per heavy atom. The molecule has 3 N–H and O–H groups in total. The predicted octanol–water partition coefficient (Wildman–Crippen LogP) is 4.24. The van der Waals surface area contributed by atoms with Gasteiger partial charge in [-0.25, -0.2) is 0 Å². The van der Waals surface area contributed by atoms with Crippen LogP contribution < -0.4 is 11.1 Å². The highest BCUT2D eigenvalue weighted by Gasteiger charge is 2.20. The summed E-state index contributed by atoms with van der Waals surface area (Å²) in [5, 5.41) is 3.23. The molecule has 7 heteroatoms. The Labute approximate surface area is 167 Å². The van der Waals surface area contributed by atoms with E-state index in [0.29, 0.717) is 29.2 Å². The van der Waals surface area contributed by atoms with Crippen molar-refractivity contribution in [3.63, 3.8) is 0 Å². The molecule has 2 rings (SSSR count). The molecule has 0 aliphatic carbocycles. The van der Waals surface area contributed by atoms with Gasteiger partial charge in [-0.15, -0.1) is 12.4 Å². The number of likely N-dealkylation sites (tertiary alicyclic amines) is 1. The van der Waals surface area contributed by atoms with E-state index < -0.39 is 0 Å². The fourth-order valence-corrected chi connectivity index (χ4v) is 3.30. The zero-order valence-corrected chi connectivity index (χ0v) is 16.7. The van der Waals surface area contributed by atoms with Gasteiger partial charge in [-0.2, -0.15) is 0 Å². The molecule has 5 nitrogen and oxygen atoms in total. The summed E-state index contributed by atoms with van der Waals surface area (Å²) in [5.74, 6) is -0.0543. The van der Waals surface area contributed by atoms with E-state index in [1.807, 2.05) is 4.90 Å². The van der Waals surface area contributed by atoms with Crippen LogP contribution in [0, 0.1) is 0 Å². The number of unbranched alkanes of at least 4 members (excludes halogenated alkanes) is 3. The SMILES string of the molecule is Cl.NCCCCCCC(=O)Nc1ccc(C(=O)N2CCCCC2)c(Cl)c1. The van der Waals surface area contributed by atoms with Crippen LogP contribution in [0.15, 0.2) is 18.2 Å². The fourth-order valence-electron chi connectivity index (χ4n) is 3.04. The van der Waals surface area contributed by atoms with Gasteiger partial charge in [-0.1, -0.05) is 24.4 Å². The van der Waals surface area contributed by atoms with Gasteiger partial charge in [0.2, 0.25) is 5.91 Å². The van der Waals surface area contributed by atoms with E-state index in [1.54, 1.807) is 18.2 Å². The molecule has 0 bridgehead atoms. The number of halogens is 2. The number of anilines is 1. The Hall–Kier alpha value is -1.30. The summed E-state index contributed by atoms with van der Waals surface area (Å²) in [6.45, 7) is 2.28. The maximum atomic E-state index is 12.5. The molecule has 1 aliphatic rings. The molecule has 1 saturated heterocycles. The number of nitrogens with two attached hydrogens (primary N) is 1. The summed E-state index contributed by atoms with van der Waals surface area (Å²) < 4.78 is 0. The van der Waals surface area contributed by atoms with E-state index >= 15 is 0 Å². The first-order chi connectivity index (χ1) is 12.1. The van der Waals surface area contributed by atoms with E-state index in [1.165, 1.54) is 6.42 Å². The van der Waals surface area contributed by atoms with Crippen molar-refractivity contribution in [2.75, 3.05) is 25.0 Å². The number of hydrogen-bond acceptors (Lipinski definition) is 3. The highest BCUT2D eigenvalue weighted by atomic mass is 35.5. The Kier molecular flexibility index (Phi) is 10.6. The lowest BCUT2D eigenvalue weighted by atomic mass is 10.1. The smallest absolute Gasteiger partial charge is 0.255 e. The third-order valence-electron chi connectivity index (χ3n) is 4.48. The summed E-state index contributed by atoms with van der Waals surface area (Å²) in [6, 6.07) is 5.11. The predicted molar refractivity (Wildman–Crippen MR) is 109 cm³/mol. The minimum absolute atomic E-state index is 0. The summed E-state index contributed by atoms with van der Waals surface area (Å²) in [4.78, 5) is 26.3. The molecule has 1 fully saturated rings. The van der Waals surface area contributed by atoms with E-state index in [2.05, 4.69) is 5.32 Å². The third-order valence-corrected chi connectivity index (χ3v) is 4.80. The number of nitrogens with one attached hydrogen (secondary N) is 1. The van der Waals surface area contributed by atoms with Crippen LogP contribution in [0.25, 0.3) is 0 Å². The lowest BCUT2D eigenvalue weighted by Gasteiger charge is -2.27. The topological polar surface area (TPSA) is 75.4 Å². The van der Waals surface area contributed by atoms with E-state index in [0.717, 1.165) is 51.6 Å². The van der Waals surface area contributed by atoms with Crippen molar-refractivity contribution < 1.29 is 9.59 Å². The molecule has 1 aromatic rings. The normalized spacial score (nSPS) is 13.8. The van der Waals surface area contributed by atoms with Crippen LogP contribution in [0.5, 0.6) is 0 Å². The molecule has 2 amide bonds. The van der Waals surface area contributed by atoms with Crippen molar-refractivity contribution in [3.05, 3.63) is 28.8 Å². The van der Waals surface area contributed by atoms with E-state index in [-0.39, 0.29) is 24.2 Å². The van der Waals surface area contributed by atoms with Crippen LogP contribution in [0.3, 0.4) is 0 Å². The van der Waals surface area contributed by atoms with Crippen LogP contribution in [0.4, 0.5) is 5.69 Å². The molecule has 1 aromatic carbocycles. The van der Waals surface area contributed by atoms with Gasteiger partial charge in [0.1, 0.15) is 0 Å². The van der Waals surface area contributed by atoms with Crippen LogP contribution in [-0.2, 0) is 4.79 Å². The van der Waals surface area contributed by atoms with Crippen LogP contribution in [-0.4, -0.2) is 36.3 Å². The molecule has 0 unspecified atom stereocenters. The molecule has 1 heterocycles. The number of amides is 2. The van der Waals surface area contributed by atoms with E-state index in [4.69, 9.17) is 17.3 Å². The average molecular weight is 402 g/mol. The van der Waals surface area contributed by atoms with E-state index in [9.17, 15) is 9.59 Å². The number of carbonyl (C=O) groups is 2. The number of piperidine rings is 1. The van der Waals surface area contributed by atoms with Gasteiger partial charge in [0.15, 0.2) is 0 Å². The molecule has 146 valence electrons. The van der Waals surface area contributed by atoms with Crippen LogP contribution in [0.2, 0.25) is 5.02 Å². The van der Waals surface area contributed by atoms with Crippen molar-refractivity contribution in [2.45, 2.75) is 51.4 Å². The van der Waals surface area contributed by atoms with Crippen molar-refractivity contribution >= 4 is 41.5 Å².